The maximum atomic E-state index is 13.3. The summed E-state index contributed by atoms with van der Waals surface area (Å²) < 4.78 is 52.1. The van der Waals surface area contributed by atoms with Crippen molar-refractivity contribution in [2.75, 3.05) is 6.54 Å². The maximum Gasteiger partial charge on any atom is 0.303 e. The Kier molecular flexibility index (Phi) is 4.96. The SMILES string of the molecule is CC(CNS(=O)(=O)c1c(F)cccc1F)CC(=O)O. The van der Waals surface area contributed by atoms with Crippen LogP contribution in [0.1, 0.15) is 13.3 Å². The molecule has 0 fully saturated rings. The zero-order valence-electron chi connectivity index (χ0n) is 10.1. The van der Waals surface area contributed by atoms with Gasteiger partial charge in [0.2, 0.25) is 10.0 Å². The zero-order chi connectivity index (χ0) is 14.6. The number of sulfonamides is 1. The van der Waals surface area contributed by atoms with E-state index in [4.69, 9.17) is 5.11 Å². The molecule has 1 rings (SSSR count). The molecule has 0 heterocycles. The molecule has 0 aliphatic rings. The maximum absolute atomic E-state index is 13.3. The Bertz CT molecular complexity index is 554. The number of nitrogens with one attached hydrogen (secondary N) is 1. The zero-order valence-corrected chi connectivity index (χ0v) is 10.9. The molecule has 1 aromatic rings. The van der Waals surface area contributed by atoms with Crippen LogP contribution in [0, 0.1) is 17.6 Å². The smallest absolute Gasteiger partial charge is 0.303 e. The van der Waals surface area contributed by atoms with Crippen LogP contribution in [-0.4, -0.2) is 26.0 Å². The first-order chi connectivity index (χ1) is 8.74. The lowest BCUT2D eigenvalue weighted by Gasteiger charge is -2.12. The van der Waals surface area contributed by atoms with Gasteiger partial charge in [0.25, 0.3) is 0 Å². The van der Waals surface area contributed by atoms with Crippen LogP contribution in [0.3, 0.4) is 0 Å². The fourth-order valence-corrected chi connectivity index (χ4v) is 2.73. The summed E-state index contributed by atoms with van der Waals surface area (Å²) in [5, 5.41) is 8.52. The first kappa shape index (κ1) is 15.5. The summed E-state index contributed by atoms with van der Waals surface area (Å²) in [6, 6.07) is 2.72. The van der Waals surface area contributed by atoms with Gasteiger partial charge in [-0.15, -0.1) is 0 Å². The molecule has 0 bridgehead atoms. The van der Waals surface area contributed by atoms with E-state index in [9.17, 15) is 22.0 Å². The molecule has 106 valence electrons. The average molecular weight is 293 g/mol. The van der Waals surface area contributed by atoms with E-state index in [-0.39, 0.29) is 13.0 Å². The van der Waals surface area contributed by atoms with E-state index in [1.54, 1.807) is 0 Å². The van der Waals surface area contributed by atoms with Crippen molar-refractivity contribution < 1.29 is 27.1 Å². The van der Waals surface area contributed by atoms with E-state index in [0.29, 0.717) is 0 Å². The second kappa shape index (κ2) is 6.07. The molecule has 0 aliphatic heterocycles. The number of hydrogen-bond acceptors (Lipinski definition) is 3. The predicted octanol–water partition coefficient (Wildman–Crippen LogP) is 1.35. The Labute approximate surface area is 109 Å². The Balaban J connectivity index is 2.85. The van der Waals surface area contributed by atoms with Crippen LogP contribution in [0.4, 0.5) is 8.78 Å². The van der Waals surface area contributed by atoms with Gasteiger partial charge in [0, 0.05) is 13.0 Å². The van der Waals surface area contributed by atoms with Crippen LogP contribution >= 0.6 is 0 Å². The minimum absolute atomic E-state index is 0.220. The molecular weight excluding hydrogens is 280 g/mol. The summed E-state index contributed by atoms with van der Waals surface area (Å²) in [6.45, 7) is 1.29. The van der Waals surface area contributed by atoms with Crippen molar-refractivity contribution in [1.29, 1.82) is 0 Å². The molecule has 1 aromatic carbocycles. The van der Waals surface area contributed by atoms with Crippen molar-refractivity contribution >= 4 is 16.0 Å². The van der Waals surface area contributed by atoms with Gasteiger partial charge in [0.15, 0.2) is 4.90 Å². The van der Waals surface area contributed by atoms with E-state index >= 15 is 0 Å². The molecule has 0 aromatic heterocycles. The molecule has 0 saturated heterocycles. The molecule has 1 atom stereocenters. The number of halogens is 2. The van der Waals surface area contributed by atoms with Crippen LogP contribution in [0.25, 0.3) is 0 Å². The van der Waals surface area contributed by atoms with Crippen LogP contribution in [0.5, 0.6) is 0 Å². The number of hydrogen-bond donors (Lipinski definition) is 2. The fourth-order valence-electron chi connectivity index (χ4n) is 1.43. The van der Waals surface area contributed by atoms with Gasteiger partial charge >= 0.3 is 5.97 Å². The second-order valence-corrected chi connectivity index (χ2v) is 5.81. The first-order valence-electron chi connectivity index (χ1n) is 5.39. The number of rotatable bonds is 6. The van der Waals surface area contributed by atoms with Crippen LogP contribution in [-0.2, 0) is 14.8 Å². The summed E-state index contributed by atoms with van der Waals surface area (Å²) in [4.78, 5) is 9.36. The highest BCUT2D eigenvalue weighted by Gasteiger charge is 2.24. The number of carboxylic acids is 1. The average Bonchev–Trinajstić information content (AvgIpc) is 2.25. The largest absolute Gasteiger partial charge is 0.481 e. The van der Waals surface area contributed by atoms with Gasteiger partial charge in [-0.25, -0.2) is 21.9 Å². The summed E-state index contributed by atoms with van der Waals surface area (Å²) >= 11 is 0. The van der Waals surface area contributed by atoms with E-state index < -0.39 is 38.4 Å². The summed E-state index contributed by atoms with van der Waals surface area (Å²) in [5.41, 5.74) is 0. The first-order valence-corrected chi connectivity index (χ1v) is 6.88. The van der Waals surface area contributed by atoms with Gasteiger partial charge in [-0.05, 0) is 18.1 Å². The molecule has 0 saturated carbocycles. The van der Waals surface area contributed by atoms with Gasteiger partial charge in [0.1, 0.15) is 11.6 Å². The Morgan fingerprint density at radius 2 is 1.89 bits per heavy atom. The highest BCUT2D eigenvalue weighted by atomic mass is 32.2. The van der Waals surface area contributed by atoms with Gasteiger partial charge < -0.3 is 5.11 Å². The Hall–Kier alpha value is -1.54. The molecule has 8 heteroatoms. The third-order valence-corrected chi connectivity index (χ3v) is 3.81. The van der Waals surface area contributed by atoms with Crippen molar-refractivity contribution in [1.82, 2.24) is 4.72 Å². The van der Waals surface area contributed by atoms with Crippen molar-refractivity contribution in [2.24, 2.45) is 5.92 Å². The molecule has 0 spiro atoms. The Morgan fingerprint density at radius 3 is 2.37 bits per heavy atom. The topological polar surface area (TPSA) is 83.5 Å². The van der Waals surface area contributed by atoms with E-state index in [1.807, 2.05) is 4.72 Å². The summed E-state index contributed by atoms with van der Waals surface area (Å²) in [7, 11) is -4.35. The van der Waals surface area contributed by atoms with Crippen LogP contribution in [0.2, 0.25) is 0 Å². The highest BCUT2D eigenvalue weighted by Crippen LogP contribution is 2.18. The minimum Gasteiger partial charge on any atom is -0.481 e. The van der Waals surface area contributed by atoms with E-state index in [2.05, 4.69) is 0 Å². The fraction of sp³-hybridized carbons (Fsp3) is 0.364. The molecule has 19 heavy (non-hydrogen) atoms. The third-order valence-electron chi connectivity index (χ3n) is 2.33. The molecule has 0 radical (unpaired) electrons. The number of carbonyl (C=O) groups is 1. The molecule has 1 unspecified atom stereocenters. The quantitative estimate of drug-likeness (QED) is 0.829. The molecule has 2 N–H and O–H groups in total. The molecule has 5 nitrogen and oxygen atoms in total. The van der Waals surface area contributed by atoms with Crippen molar-refractivity contribution in [2.45, 2.75) is 18.2 Å². The van der Waals surface area contributed by atoms with Gasteiger partial charge in [-0.3, -0.25) is 4.79 Å². The standard InChI is InChI=1S/C11H13F2NO4S/c1-7(5-10(15)16)6-14-19(17,18)11-8(12)3-2-4-9(11)13/h2-4,7,14H,5-6H2,1H3,(H,15,16). The highest BCUT2D eigenvalue weighted by molar-refractivity contribution is 7.89. The van der Waals surface area contributed by atoms with Crippen LogP contribution in [0.15, 0.2) is 23.1 Å². The van der Waals surface area contributed by atoms with Gasteiger partial charge in [-0.1, -0.05) is 13.0 Å². The monoisotopic (exact) mass is 293 g/mol. The third kappa shape index (κ3) is 4.25. The van der Waals surface area contributed by atoms with Crippen molar-refractivity contribution in [3.63, 3.8) is 0 Å². The Morgan fingerprint density at radius 1 is 1.37 bits per heavy atom. The minimum atomic E-state index is -4.35. The number of carboxylic acid groups (broad SMARTS) is 1. The molecule has 0 amide bonds. The predicted molar refractivity (Wildman–Crippen MR) is 63.0 cm³/mol. The van der Waals surface area contributed by atoms with Gasteiger partial charge in [0.05, 0.1) is 0 Å². The number of aliphatic carboxylic acids is 1. The lowest BCUT2D eigenvalue weighted by Crippen LogP contribution is -2.30. The summed E-state index contributed by atoms with van der Waals surface area (Å²) in [5.74, 6) is -3.97. The molecular formula is C11H13F2NO4S. The lowest BCUT2D eigenvalue weighted by atomic mass is 10.1. The van der Waals surface area contributed by atoms with Crippen molar-refractivity contribution in [3.8, 4) is 0 Å². The van der Waals surface area contributed by atoms with E-state index in [1.165, 1.54) is 6.92 Å². The van der Waals surface area contributed by atoms with Crippen LogP contribution < -0.4 is 4.72 Å². The number of benzene rings is 1. The lowest BCUT2D eigenvalue weighted by molar-refractivity contribution is -0.137. The van der Waals surface area contributed by atoms with Crippen molar-refractivity contribution in [3.05, 3.63) is 29.8 Å². The van der Waals surface area contributed by atoms with E-state index in [0.717, 1.165) is 18.2 Å². The van der Waals surface area contributed by atoms with Gasteiger partial charge in [-0.2, -0.15) is 0 Å². The second-order valence-electron chi connectivity index (χ2n) is 4.11. The summed E-state index contributed by atoms with van der Waals surface area (Å²) in [6.07, 6.45) is -0.248. The normalized spacial score (nSPS) is 13.2. The molecule has 0 aliphatic carbocycles.